The van der Waals surface area contributed by atoms with E-state index in [4.69, 9.17) is 11.6 Å². The summed E-state index contributed by atoms with van der Waals surface area (Å²) in [4.78, 5) is 4.28. The Bertz CT molecular complexity index is 550. The average molecular weight is 262 g/mol. The van der Waals surface area contributed by atoms with E-state index < -0.39 is 0 Å². The zero-order valence-corrected chi connectivity index (χ0v) is 10.9. The van der Waals surface area contributed by atoms with Crippen molar-refractivity contribution in [3.8, 4) is 0 Å². The molecule has 3 rings (SSSR count). The van der Waals surface area contributed by atoms with Crippen molar-refractivity contribution in [3.05, 3.63) is 35.6 Å². The third-order valence-electron chi connectivity index (χ3n) is 3.45. The van der Waals surface area contributed by atoms with Crippen molar-refractivity contribution in [3.63, 3.8) is 0 Å². The van der Waals surface area contributed by atoms with E-state index in [2.05, 4.69) is 21.7 Å². The molecule has 0 saturated carbocycles. The summed E-state index contributed by atoms with van der Waals surface area (Å²) in [6, 6.07) is 6.50. The topological polar surface area (TPSA) is 37.0 Å². The Balaban J connectivity index is 1.93. The Morgan fingerprint density at radius 3 is 2.83 bits per heavy atom. The molecule has 4 heteroatoms. The summed E-state index contributed by atoms with van der Waals surface area (Å²) in [6.45, 7) is 2.16. The van der Waals surface area contributed by atoms with Gasteiger partial charge >= 0.3 is 0 Å². The van der Waals surface area contributed by atoms with Gasteiger partial charge in [-0.15, -0.1) is 0 Å². The molecule has 2 N–H and O–H groups in total. The summed E-state index contributed by atoms with van der Waals surface area (Å²) in [5.74, 6) is 0. The Labute approximate surface area is 112 Å². The largest absolute Gasteiger partial charge is 0.380 e. The number of aromatic nitrogens is 1. The summed E-state index contributed by atoms with van der Waals surface area (Å²) >= 11 is 6.19. The maximum absolute atomic E-state index is 6.19. The fraction of sp³-hybridized carbons (Fsp3) is 0.357. The molecule has 0 atom stereocenters. The van der Waals surface area contributed by atoms with E-state index >= 15 is 0 Å². The van der Waals surface area contributed by atoms with Crippen molar-refractivity contribution in [2.45, 2.75) is 18.9 Å². The number of nitrogens with zero attached hydrogens (tertiary/aromatic N) is 1. The van der Waals surface area contributed by atoms with Gasteiger partial charge in [-0.3, -0.25) is 4.98 Å². The Hall–Kier alpha value is -1.32. The number of anilines is 1. The van der Waals surface area contributed by atoms with Crippen molar-refractivity contribution in [2.75, 3.05) is 18.4 Å². The highest BCUT2D eigenvalue weighted by Crippen LogP contribution is 2.28. The van der Waals surface area contributed by atoms with Crippen LogP contribution in [0, 0.1) is 0 Å². The van der Waals surface area contributed by atoms with Crippen molar-refractivity contribution in [1.82, 2.24) is 10.3 Å². The van der Waals surface area contributed by atoms with Crippen LogP contribution in [0.5, 0.6) is 0 Å². The molecule has 18 heavy (non-hydrogen) atoms. The minimum absolute atomic E-state index is 0.526. The van der Waals surface area contributed by atoms with Crippen LogP contribution in [0.1, 0.15) is 12.8 Å². The fourth-order valence-electron chi connectivity index (χ4n) is 2.46. The van der Waals surface area contributed by atoms with E-state index in [1.807, 2.05) is 24.5 Å². The lowest BCUT2D eigenvalue weighted by Gasteiger charge is -2.25. The van der Waals surface area contributed by atoms with Crippen LogP contribution in [0.4, 0.5) is 5.69 Å². The summed E-state index contributed by atoms with van der Waals surface area (Å²) in [6.07, 6.45) is 6.01. The van der Waals surface area contributed by atoms with Crippen LogP contribution in [0.25, 0.3) is 10.8 Å². The Morgan fingerprint density at radius 1 is 1.17 bits per heavy atom. The molecular formula is C14H16ClN3. The molecule has 2 heterocycles. The summed E-state index contributed by atoms with van der Waals surface area (Å²) in [5, 5.41) is 9.88. The molecule has 0 unspecified atom stereocenters. The lowest BCUT2D eigenvalue weighted by Crippen LogP contribution is -2.35. The molecule has 0 bridgehead atoms. The third-order valence-corrected chi connectivity index (χ3v) is 3.78. The van der Waals surface area contributed by atoms with Crippen LogP contribution in [-0.4, -0.2) is 24.1 Å². The van der Waals surface area contributed by atoms with Gasteiger partial charge < -0.3 is 10.6 Å². The minimum atomic E-state index is 0.526. The summed E-state index contributed by atoms with van der Waals surface area (Å²) in [5.41, 5.74) is 1.09. The van der Waals surface area contributed by atoms with E-state index in [0.29, 0.717) is 6.04 Å². The fourth-order valence-corrected chi connectivity index (χ4v) is 2.68. The number of benzene rings is 1. The maximum atomic E-state index is 6.19. The minimum Gasteiger partial charge on any atom is -0.380 e. The number of rotatable bonds is 2. The van der Waals surface area contributed by atoms with Crippen molar-refractivity contribution in [2.24, 2.45) is 0 Å². The summed E-state index contributed by atoms with van der Waals surface area (Å²) < 4.78 is 0. The quantitative estimate of drug-likeness (QED) is 0.873. The van der Waals surface area contributed by atoms with E-state index in [0.717, 1.165) is 47.4 Å². The molecule has 2 aromatic rings. The number of hydrogen-bond donors (Lipinski definition) is 2. The second kappa shape index (κ2) is 5.12. The first-order valence-corrected chi connectivity index (χ1v) is 6.72. The predicted octanol–water partition coefficient (Wildman–Crippen LogP) is 3.05. The number of fused-ring (bicyclic) bond motifs is 1. The highest BCUT2D eigenvalue weighted by atomic mass is 35.5. The van der Waals surface area contributed by atoms with E-state index in [9.17, 15) is 0 Å². The number of pyridine rings is 1. The van der Waals surface area contributed by atoms with Crippen molar-refractivity contribution in [1.29, 1.82) is 0 Å². The van der Waals surface area contributed by atoms with Gasteiger partial charge in [0, 0.05) is 23.0 Å². The second-order valence-electron chi connectivity index (χ2n) is 4.69. The molecule has 0 radical (unpaired) electrons. The van der Waals surface area contributed by atoms with Gasteiger partial charge in [0.05, 0.1) is 16.9 Å². The number of hydrogen-bond acceptors (Lipinski definition) is 3. The van der Waals surface area contributed by atoms with Crippen molar-refractivity contribution >= 4 is 28.1 Å². The smallest absolute Gasteiger partial charge is 0.0609 e. The van der Waals surface area contributed by atoms with Crippen molar-refractivity contribution < 1.29 is 0 Å². The van der Waals surface area contributed by atoms with Gasteiger partial charge in [-0.2, -0.15) is 0 Å². The van der Waals surface area contributed by atoms with E-state index in [-0.39, 0.29) is 0 Å². The third kappa shape index (κ3) is 2.28. The number of halogens is 1. The molecule has 3 nitrogen and oxygen atoms in total. The molecule has 1 aliphatic heterocycles. The molecule has 1 aliphatic rings. The van der Waals surface area contributed by atoms with Gasteiger partial charge in [0.1, 0.15) is 0 Å². The SMILES string of the molecule is Clc1cccc2c(NC3CCNCC3)cncc12. The van der Waals surface area contributed by atoms with Crippen LogP contribution >= 0.6 is 11.6 Å². The maximum Gasteiger partial charge on any atom is 0.0609 e. The second-order valence-corrected chi connectivity index (χ2v) is 5.10. The molecule has 0 amide bonds. The van der Waals surface area contributed by atoms with Crippen LogP contribution in [0.15, 0.2) is 30.6 Å². The standard InChI is InChI=1S/C14H16ClN3/c15-13-3-1-2-11-12(13)8-17-9-14(11)18-10-4-6-16-7-5-10/h1-3,8-10,16,18H,4-7H2. The van der Waals surface area contributed by atoms with Crippen LogP contribution < -0.4 is 10.6 Å². The number of piperidine rings is 1. The lowest BCUT2D eigenvalue weighted by atomic mass is 10.1. The molecule has 94 valence electrons. The molecule has 0 spiro atoms. The van der Waals surface area contributed by atoms with Gasteiger partial charge in [0.2, 0.25) is 0 Å². The van der Waals surface area contributed by atoms with E-state index in [1.54, 1.807) is 0 Å². The Kier molecular flexibility index (Phi) is 3.35. The highest BCUT2D eigenvalue weighted by Gasteiger charge is 2.14. The zero-order chi connectivity index (χ0) is 12.4. The first-order valence-electron chi connectivity index (χ1n) is 6.34. The normalized spacial score (nSPS) is 16.9. The van der Waals surface area contributed by atoms with Gasteiger partial charge in [-0.1, -0.05) is 23.7 Å². The molecule has 0 aliphatic carbocycles. The average Bonchev–Trinajstić information content (AvgIpc) is 2.41. The first-order chi connectivity index (χ1) is 8.84. The zero-order valence-electron chi connectivity index (χ0n) is 10.1. The predicted molar refractivity (Wildman–Crippen MR) is 76.3 cm³/mol. The van der Waals surface area contributed by atoms with E-state index in [1.165, 1.54) is 0 Å². The lowest BCUT2D eigenvalue weighted by molar-refractivity contribution is 0.479. The molecule has 1 saturated heterocycles. The van der Waals surface area contributed by atoms with Gasteiger partial charge in [-0.05, 0) is 32.0 Å². The van der Waals surface area contributed by atoms with Gasteiger partial charge in [0.15, 0.2) is 0 Å². The number of nitrogens with one attached hydrogen (secondary N) is 2. The Morgan fingerprint density at radius 2 is 2.00 bits per heavy atom. The highest BCUT2D eigenvalue weighted by molar-refractivity contribution is 6.35. The molecular weight excluding hydrogens is 246 g/mol. The first kappa shape index (κ1) is 11.8. The van der Waals surface area contributed by atoms with Crippen LogP contribution in [0.3, 0.4) is 0 Å². The monoisotopic (exact) mass is 261 g/mol. The van der Waals surface area contributed by atoms with Crippen LogP contribution in [0.2, 0.25) is 5.02 Å². The molecule has 1 fully saturated rings. The molecule has 1 aromatic carbocycles. The summed E-state index contributed by atoms with van der Waals surface area (Å²) in [7, 11) is 0. The van der Waals surface area contributed by atoms with Gasteiger partial charge in [-0.25, -0.2) is 0 Å². The molecule has 1 aromatic heterocycles. The van der Waals surface area contributed by atoms with Crippen LogP contribution in [-0.2, 0) is 0 Å². The van der Waals surface area contributed by atoms with Gasteiger partial charge in [0.25, 0.3) is 0 Å².